The predicted molar refractivity (Wildman–Crippen MR) is 101 cm³/mol. The zero-order chi connectivity index (χ0) is 18.5. The molecule has 0 saturated heterocycles. The fourth-order valence-electron chi connectivity index (χ4n) is 2.20. The molecule has 0 aliphatic carbocycles. The van der Waals surface area contributed by atoms with Crippen molar-refractivity contribution in [1.82, 2.24) is 9.97 Å². The highest BCUT2D eigenvalue weighted by Crippen LogP contribution is 2.17. The lowest BCUT2D eigenvalue weighted by Crippen LogP contribution is -2.14. The van der Waals surface area contributed by atoms with E-state index in [1.54, 1.807) is 42.5 Å². The highest BCUT2D eigenvalue weighted by atomic mass is 35.5. The maximum Gasteiger partial charge on any atom is 0.275 e. The molecule has 0 aliphatic heterocycles. The quantitative estimate of drug-likeness (QED) is 0.656. The molecular weight excluding hydrogens is 352 g/mol. The minimum absolute atomic E-state index is 0.0195. The minimum Gasteiger partial charge on any atom is -0.339 e. The summed E-state index contributed by atoms with van der Waals surface area (Å²) < 4.78 is 0. The number of amides is 1. The topological polar surface area (TPSA) is 84.0 Å². The summed E-state index contributed by atoms with van der Waals surface area (Å²) in [6, 6.07) is 13.8. The largest absolute Gasteiger partial charge is 0.339 e. The molecule has 0 saturated carbocycles. The summed E-state index contributed by atoms with van der Waals surface area (Å²) in [6.07, 6.45) is 2.83. The average molecular weight is 367 g/mol. The van der Waals surface area contributed by atoms with E-state index in [4.69, 9.17) is 11.6 Å². The number of rotatable bonds is 5. The first-order valence-corrected chi connectivity index (χ1v) is 8.16. The second-order valence-corrected chi connectivity index (χ2v) is 5.95. The van der Waals surface area contributed by atoms with Crippen LogP contribution in [-0.4, -0.2) is 21.7 Å². The monoisotopic (exact) mass is 366 g/mol. The highest BCUT2D eigenvalue weighted by molar-refractivity contribution is 6.30. The molecule has 0 aliphatic rings. The van der Waals surface area contributed by atoms with Gasteiger partial charge >= 0.3 is 0 Å². The first-order valence-electron chi connectivity index (χ1n) is 7.78. The van der Waals surface area contributed by atoms with Gasteiger partial charge in [-0.2, -0.15) is 0 Å². The molecule has 0 fully saturated rings. The lowest BCUT2D eigenvalue weighted by atomic mass is 10.1. The Morgan fingerprint density at radius 2 is 1.73 bits per heavy atom. The third-order valence-electron chi connectivity index (χ3n) is 3.53. The van der Waals surface area contributed by atoms with E-state index in [2.05, 4.69) is 20.6 Å². The molecule has 2 aromatic carbocycles. The van der Waals surface area contributed by atoms with Gasteiger partial charge in [0, 0.05) is 22.0 Å². The zero-order valence-corrected chi connectivity index (χ0v) is 14.6. The van der Waals surface area contributed by atoms with E-state index >= 15 is 0 Å². The fraction of sp³-hybridized carbons (Fsp3) is 0.0526. The first-order chi connectivity index (χ1) is 12.5. The number of hydrogen-bond acceptors (Lipinski definition) is 5. The summed E-state index contributed by atoms with van der Waals surface area (Å²) in [4.78, 5) is 31.9. The summed E-state index contributed by atoms with van der Waals surface area (Å²) in [7, 11) is 0. The number of Topliss-reactive ketones (excluding diaryl/α,β-unsaturated/α-hetero) is 1. The highest BCUT2D eigenvalue weighted by Gasteiger charge is 2.09. The van der Waals surface area contributed by atoms with E-state index in [-0.39, 0.29) is 17.4 Å². The molecule has 3 rings (SSSR count). The number of carbonyl (C=O) groups is 2. The van der Waals surface area contributed by atoms with Gasteiger partial charge in [-0.15, -0.1) is 0 Å². The van der Waals surface area contributed by atoms with E-state index in [1.807, 2.05) is 6.07 Å². The summed E-state index contributed by atoms with van der Waals surface area (Å²) in [5.74, 6) is 0.0765. The summed E-state index contributed by atoms with van der Waals surface area (Å²) >= 11 is 5.82. The molecule has 7 heteroatoms. The SMILES string of the molecule is CC(=O)c1cccc(Nc2cnc(C(=O)Nc3ccc(Cl)cc3)cn2)c1. The fourth-order valence-corrected chi connectivity index (χ4v) is 2.33. The minimum atomic E-state index is -0.370. The van der Waals surface area contributed by atoms with Crippen molar-refractivity contribution in [2.24, 2.45) is 0 Å². The van der Waals surface area contributed by atoms with Crippen LogP contribution < -0.4 is 10.6 Å². The molecular formula is C19H15ClN4O2. The van der Waals surface area contributed by atoms with Gasteiger partial charge in [-0.3, -0.25) is 9.59 Å². The number of carbonyl (C=O) groups excluding carboxylic acids is 2. The molecule has 1 aromatic heterocycles. The van der Waals surface area contributed by atoms with Crippen molar-refractivity contribution in [3.8, 4) is 0 Å². The second kappa shape index (κ2) is 7.76. The number of nitrogens with zero attached hydrogens (tertiary/aromatic N) is 2. The number of ketones is 1. The van der Waals surface area contributed by atoms with Crippen LogP contribution in [0.15, 0.2) is 60.9 Å². The first kappa shape index (κ1) is 17.6. The Morgan fingerprint density at radius 3 is 2.38 bits per heavy atom. The molecule has 0 unspecified atom stereocenters. The van der Waals surface area contributed by atoms with Crippen molar-refractivity contribution in [2.75, 3.05) is 10.6 Å². The van der Waals surface area contributed by atoms with Crippen LogP contribution >= 0.6 is 11.6 Å². The van der Waals surface area contributed by atoms with Crippen LogP contribution in [0.4, 0.5) is 17.2 Å². The summed E-state index contributed by atoms with van der Waals surface area (Å²) in [5.41, 5.74) is 2.11. The van der Waals surface area contributed by atoms with E-state index in [0.29, 0.717) is 27.8 Å². The predicted octanol–water partition coefficient (Wildman–Crippen LogP) is 4.33. The lowest BCUT2D eigenvalue weighted by Gasteiger charge is -2.08. The molecule has 0 radical (unpaired) electrons. The number of nitrogens with one attached hydrogen (secondary N) is 2. The van der Waals surface area contributed by atoms with Crippen LogP contribution in [0.2, 0.25) is 5.02 Å². The van der Waals surface area contributed by atoms with E-state index in [1.165, 1.54) is 19.3 Å². The molecule has 2 N–H and O–H groups in total. The van der Waals surface area contributed by atoms with E-state index in [0.717, 1.165) is 0 Å². The van der Waals surface area contributed by atoms with Crippen molar-refractivity contribution >= 4 is 40.5 Å². The molecule has 1 amide bonds. The average Bonchev–Trinajstić information content (AvgIpc) is 2.64. The molecule has 0 spiro atoms. The van der Waals surface area contributed by atoms with E-state index in [9.17, 15) is 9.59 Å². The van der Waals surface area contributed by atoms with Crippen molar-refractivity contribution < 1.29 is 9.59 Å². The van der Waals surface area contributed by atoms with Gasteiger partial charge in [-0.25, -0.2) is 9.97 Å². The maximum atomic E-state index is 12.2. The Bertz CT molecular complexity index is 941. The Morgan fingerprint density at radius 1 is 0.962 bits per heavy atom. The Labute approximate surface area is 155 Å². The van der Waals surface area contributed by atoms with Gasteiger partial charge in [0.15, 0.2) is 5.78 Å². The molecule has 6 nitrogen and oxygen atoms in total. The van der Waals surface area contributed by atoms with Crippen LogP contribution in [0.25, 0.3) is 0 Å². The van der Waals surface area contributed by atoms with Crippen LogP contribution in [0, 0.1) is 0 Å². The van der Waals surface area contributed by atoms with Gasteiger partial charge in [0.1, 0.15) is 11.5 Å². The normalized spacial score (nSPS) is 10.2. The molecule has 1 heterocycles. The number of aromatic nitrogens is 2. The standard InChI is InChI=1S/C19H15ClN4O2/c1-12(25)13-3-2-4-16(9-13)23-18-11-21-17(10-22-18)19(26)24-15-7-5-14(20)6-8-15/h2-11H,1H3,(H,22,23)(H,24,26). The van der Waals surface area contributed by atoms with Crippen LogP contribution in [0.3, 0.4) is 0 Å². The van der Waals surface area contributed by atoms with Crippen molar-refractivity contribution in [3.05, 3.63) is 77.2 Å². The Balaban J connectivity index is 1.68. The number of halogens is 1. The van der Waals surface area contributed by atoms with Crippen LogP contribution in [0.5, 0.6) is 0 Å². The van der Waals surface area contributed by atoms with Gasteiger partial charge in [0.05, 0.1) is 12.4 Å². The van der Waals surface area contributed by atoms with Crippen molar-refractivity contribution in [1.29, 1.82) is 0 Å². The van der Waals surface area contributed by atoms with Gasteiger partial charge in [0.25, 0.3) is 5.91 Å². The lowest BCUT2D eigenvalue weighted by molar-refractivity contribution is 0.101. The maximum absolute atomic E-state index is 12.2. The Kier molecular flexibility index (Phi) is 5.24. The number of anilines is 3. The third-order valence-corrected chi connectivity index (χ3v) is 3.78. The van der Waals surface area contributed by atoms with Gasteiger partial charge in [0.2, 0.25) is 0 Å². The molecule has 26 heavy (non-hydrogen) atoms. The van der Waals surface area contributed by atoms with Crippen molar-refractivity contribution in [3.63, 3.8) is 0 Å². The van der Waals surface area contributed by atoms with Gasteiger partial charge in [-0.05, 0) is 43.3 Å². The van der Waals surface area contributed by atoms with Crippen molar-refractivity contribution in [2.45, 2.75) is 6.92 Å². The van der Waals surface area contributed by atoms with E-state index < -0.39 is 0 Å². The molecule has 130 valence electrons. The Hall–Kier alpha value is -3.25. The number of hydrogen-bond donors (Lipinski definition) is 2. The summed E-state index contributed by atoms with van der Waals surface area (Å²) in [6.45, 7) is 1.51. The molecule has 3 aromatic rings. The van der Waals surface area contributed by atoms with Crippen LogP contribution in [0.1, 0.15) is 27.8 Å². The number of benzene rings is 2. The second-order valence-electron chi connectivity index (χ2n) is 5.51. The van der Waals surface area contributed by atoms with Gasteiger partial charge < -0.3 is 10.6 Å². The molecule has 0 atom stereocenters. The smallest absolute Gasteiger partial charge is 0.275 e. The summed E-state index contributed by atoms with van der Waals surface area (Å²) in [5, 5.41) is 6.36. The van der Waals surface area contributed by atoms with Crippen LogP contribution in [-0.2, 0) is 0 Å². The molecule has 0 bridgehead atoms. The zero-order valence-electron chi connectivity index (χ0n) is 13.9. The third kappa shape index (κ3) is 4.43. The van der Waals surface area contributed by atoms with Gasteiger partial charge in [-0.1, -0.05) is 23.7 Å².